The molecule has 0 amide bonds. The third kappa shape index (κ3) is 4.94. The fourth-order valence-corrected chi connectivity index (χ4v) is 2.84. The van der Waals surface area contributed by atoms with E-state index in [0.717, 1.165) is 36.3 Å². The van der Waals surface area contributed by atoms with Gasteiger partial charge in [-0.05, 0) is 31.0 Å². The summed E-state index contributed by atoms with van der Waals surface area (Å²) in [6.45, 7) is 6.26. The Morgan fingerprint density at radius 1 is 1.11 bits per heavy atom. The number of hydrogen-bond donors (Lipinski definition) is 1. The minimum atomic E-state index is 0.581. The fourth-order valence-electron chi connectivity index (χ4n) is 2.84. The highest BCUT2D eigenvalue weighted by Gasteiger charge is 2.07. The Morgan fingerprint density at radius 2 is 1.93 bits per heavy atom. The van der Waals surface area contributed by atoms with Crippen LogP contribution in [0.1, 0.15) is 23.9 Å². The van der Waals surface area contributed by atoms with E-state index in [4.69, 9.17) is 4.99 Å². The maximum atomic E-state index is 4.76. The first kappa shape index (κ1) is 18.6. The molecule has 27 heavy (non-hydrogen) atoms. The zero-order valence-corrected chi connectivity index (χ0v) is 16.1. The highest BCUT2D eigenvalue weighted by Crippen LogP contribution is 2.09. The zero-order valence-electron chi connectivity index (χ0n) is 16.1. The Hall–Kier alpha value is -3.15. The van der Waals surface area contributed by atoms with Crippen LogP contribution in [0, 0.1) is 6.92 Å². The monoisotopic (exact) mass is 362 g/mol. The van der Waals surface area contributed by atoms with E-state index < -0.39 is 0 Å². The number of aromatic nitrogens is 3. The predicted octanol–water partition coefficient (Wildman–Crippen LogP) is 3.17. The first-order valence-corrected chi connectivity index (χ1v) is 9.16. The number of aryl methyl sites for hydroxylation is 1. The van der Waals surface area contributed by atoms with Crippen molar-refractivity contribution >= 4 is 5.96 Å². The molecule has 0 saturated carbocycles. The summed E-state index contributed by atoms with van der Waals surface area (Å²) in [6.07, 6.45) is 5.57. The van der Waals surface area contributed by atoms with Crippen LogP contribution in [0.15, 0.2) is 66.0 Å². The largest absolute Gasteiger partial charge is 0.357 e. The quantitative estimate of drug-likeness (QED) is 0.540. The van der Waals surface area contributed by atoms with E-state index >= 15 is 0 Å². The molecule has 0 saturated heterocycles. The van der Waals surface area contributed by atoms with E-state index in [9.17, 15) is 0 Å². The van der Waals surface area contributed by atoms with Crippen LogP contribution in [-0.4, -0.2) is 39.0 Å². The fraction of sp³-hybridized carbons (Fsp3) is 0.286. The molecule has 6 nitrogen and oxygen atoms in total. The molecule has 0 aliphatic carbocycles. The molecule has 3 aromatic rings. The van der Waals surface area contributed by atoms with Crippen molar-refractivity contribution in [2.45, 2.75) is 26.9 Å². The third-order valence-corrected chi connectivity index (χ3v) is 4.25. The number of benzene rings is 1. The van der Waals surface area contributed by atoms with Crippen molar-refractivity contribution in [3.05, 3.63) is 78.0 Å². The van der Waals surface area contributed by atoms with Gasteiger partial charge in [0.05, 0.1) is 6.54 Å². The van der Waals surface area contributed by atoms with E-state index in [-0.39, 0.29) is 0 Å². The second-order valence-corrected chi connectivity index (χ2v) is 6.38. The van der Waals surface area contributed by atoms with Gasteiger partial charge in [-0.2, -0.15) is 0 Å². The lowest BCUT2D eigenvalue weighted by molar-refractivity contribution is 0.477. The minimum absolute atomic E-state index is 0.581. The summed E-state index contributed by atoms with van der Waals surface area (Å²) in [5.74, 6) is 2.67. The molecule has 0 atom stereocenters. The van der Waals surface area contributed by atoms with Crippen LogP contribution in [0.3, 0.4) is 0 Å². The van der Waals surface area contributed by atoms with Crippen LogP contribution in [0.25, 0.3) is 5.82 Å². The molecular formula is C21H26N6. The van der Waals surface area contributed by atoms with Gasteiger partial charge in [-0.15, -0.1) is 0 Å². The van der Waals surface area contributed by atoms with Crippen LogP contribution in [0.5, 0.6) is 0 Å². The Kier molecular flexibility index (Phi) is 6.20. The molecule has 2 heterocycles. The second kappa shape index (κ2) is 8.98. The molecule has 140 valence electrons. The van der Waals surface area contributed by atoms with Gasteiger partial charge in [-0.25, -0.2) is 15.0 Å². The van der Waals surface area contributed by atoms with Gasteiger partial charge in [0.25, 0.3) is 0 Å². The SMILES string of the molecule is CCNC(=NCc1ccc(-n2ccnc2C)nc1)N(C)Cc1ccccc1. The average Bonchev–Trinajstić information content (AvgIpc) is 3.12. The van der Waals surface area contributed by atoms with Gasteiger partial charge in [0.1, 0.15) is 11.6 Å². The maximum Gasteiger partial charge on any atom is 0.194 e. The highest BCUT2D eigenvalue weighted by atomic mass is 15.3. The van der Waals surface area contributed by atoms with Crippen LogP contribution >= 0.6 is 0 Å². The average molecular weight is 362 g/mol. The molecule has 0 radical (unpaired) electrons. The van der Waals surface area contributed by atoms with Gasteiger partial charge >= 0.3 is 0 Å². The van der Waals surface area contributed by atoms with Crippen molar-refractivity contribution in [2.24, 2.45) is 4.99 Å². The first-order valence-electron chi connectivity index (χ1n) is 9.16. The number of guanidine groups is 1. The summed E-state index contributed by atoms with van der Waals surface area (Å²) in [7, 11) is 2.05. The molecule has 2 aromatic heterocycles. The number of aliphatic imine (C=N–C) groups is 1. The molecule has 0 aliphatic rings. The lowest BCUT2D eigenvalue weighted by atomic mass is 10.2. The number of nitrogens with zero attached hydrogens (tertiary/aromatic N) is 5. The molecular weight excluding hydrogens is 336 g/mol. The maximum absolute atomic E-state index is 4.76. The zero-order chi connectivity index (χ0) is 19.1. The number of nitrogens with one attached hydrogen (secondary N) is 1. The van der Waals surface area contributed by atoms with Crippen molar-refractivity contribution in [2.75, 3.05) is 13.6 Å². The minimum Gasteiger partial charge on any atom is -0.357 e. The van der Waals surface area contributed by atoms with Crippen LogP contribution in [0.4, 0.5) is 0 Å². The van der Waals surface area contributed by atoms with Crippen molar-refractivity contribution in [3.63, 3.8) is 0 Å². The normalized spacial score (nSPS) is 11.4. The topological polar surface area (TPSA) is 58.3 Å². The Balaban J connectivity index is 1.68. The van der Waals surface area contributed by atoms with E-state index in [0.29, 0.717) is 6.54 Å². The number of hydrogen-bond acceptors (Lipinski definition) is 3. The lowest BCUT2D eigenvalue weighted by Crippen LogP contribution is -2.38. The first-order chi connectivity index (χ1) is 13.2. The van der Waals surface area contributed by atoms with Crippen molar-refractivity contribution in [3.8, 4) is 5.82 Å². The van der Waals surface area contributed by atoms with Gasteiger partial charge in [-0.1, -0.05) is 36.4 Å². The third-order valence-electron chi connectivity index (χ3n) is 4.25. The Bertz CT molecular complexity index is 867. The molecule has 0 unspecified atom stereocenters. The van der Waals surface area contributed by atoms with Crippen LogP contribution in [0.2, 0.25) is 0 Å². The molecule has 0 fully saturated rings. The molecule has 6 heteroatoms. The van der Waals surface area contributed by atoms with E-state index in [2.05, 4.69) is 64.5 Å². The summed E-state index contributed by atoms with van der Waals surface area (Å²) >= 11 is 0. The second-order valence-electron chi connectivity index (χ2n) is 6.38. The molecule has 0 spiro atoms. The summed E-state index contributed by atoms with van der Waals surface area (Å²) in [6, 6.07) is 14.5. The molecule has 1 N–H and O–H groups in total. The Morgan fingerprint density at radius 3 is 2.56 bits per heavy atom. The van der Waals surface area contributed by atoms with Crippen LogP contribution < -0.4 is 5.32 Å². The van der Waals surface area contributed by atoms with Crippen LogP contribution in [-0.2, 0) is 13.1 Å². The Labute approximate surface area is 160 Å². The van der Waals surface area contributed by atoms with Crippen molar-refractivity contribution in [1.29, 1.82) is 0 Å². The molecule has 0 bridgehead atoms. The number of pyridine rings is 1. The smallest absolute Gasteiger partial charge is 0.194 e. The summed E-state index contributed by atoms with van der Waals surface area (Å²) in [5, 5.41) is 3.36. The summed E-state index contributed by atoms with van der Waals surface area (Å²) in [4.78, 5) is 15.7. The van der Waals surface area contributed by atoms with E-state index in [1.54, 1.807) is 6.20 Å². The van der Waals surface area contributed by atoms with Gasteiger partial charge in [0, 0.05) is 38.7 Å². The number of rotatable bonds is 6. The molecule has 1 aromatic carbocycles. The lowest BCUT2D eigenvalue weighted by Gasteiger charge is -2.22. The standard InChI is InChI=1S/C21H26N6/c1-4-22-21(26(3)16-18-8-6-5-7-9-18)25-15-19-10-11-20(24-14-19)27-13-12-23-17(27)2/h5-14H,4,15-16H2,1-3H3,(H,22,25). The van der Waals surface area contributed by atoms with Crippen molar-refractivity contribution in [1.82, 2.24) is 24.8 Å². The van der Waals surface area contributed by atoms with Gasteiger partial charge in [-0.3, -0.25) is 4.57 Å². The molecule has 0 aliphatic heterocycles. The predicted molar refractivity (Wildman–Crippen MR) is 109 cm³/mol. The summed E-state index contributed by atoms with van der Waals surface area (Å²) < 4.78 is 1.96. The van der Waals surface area contributed by atoms with Gasteiger partial charge in [0.2, 0.25) is 0 Å². The van der Waals surface area contributed by atoms with Gasteiger partial charge in [0.15, 0.2) is 5.96 Å². The van der Waals surface area contributed by atoms with Crippen molar-refractivity contribution < 1.29 is 0 Å². The highest BCUT2D eigenvalue weighted by molar-refractivity contribution is 5.79. The van der Waals surface area contributed by atoms with E-state index in [1.807, 2.05) is 36.0 Å². The number of imidazole rings is 1. The van der Waals surface area contributed by atoms with Gasteiger partial charge < -0.3 is 10.2 Å². The summed E-state index contributed by atoms with van der Waals surface area (Å²) in [5.41, 5.74) is 2.33. The molecule has 3 rings (SSSR count). The van der Waals surface area contributed by atoms with E-state index in [1.165, 1.54) is 5.56 Å².